The molecule has 0 saturated heterocycles. The molecule has 0 fully saturated rings. The van der Waals surface area contributed by atoms with Crippen molar-refractivity contribution in [2.75, 3.05) is 19.1 Å². The molecular formula is C23H20Cl2F4N2O5S. The molecule has 3 rings (SSSR count). The van der Waals surface area contributed by atoms with Crippen molar-refractivity contribution in [2.45, 2.75) is 31.5 Å². The zero-order chi connectivity index (χ0) is 27.8. The number of nitrogens with zero attached hydrogens (tertiary/aromatic N) is 2. The Labute approximate surface area is 219 Å². The van der Waals surface area contributed by atoms with Crippen molar-refractivity contribution in [2.24, 2.45) is 9.52 Å². The number of aryl methyl sites for hydroxylation is 1. The molecule has 1 heterocycles. The van der Waals surface area contributed by atoms with Crippen LogP contribution in [-0.2, 0) is 29.7 Å². The molecule has 2 aromatic carbocycles. The lowest BCUT2D eigenvalue weighted by atomic mass is 9.86. The molecule has 1 aliphatic heterocycles. The highest BCUT2D eigenvalue weighted by Gasteiger charge is 2.62. The molecule has 0 saturated carbocycles. The SMILES string of the molecule is COC(=O)CCS(C)(=O)=NC(=O)c1ccc(C2=NOC(c3cc(Cl)c(F)c(Cl)c3)(C(F)(F)F)C2)cc1C. The maximum Gasteiger partial charge on any atom is 0.435 e. The van der Waals surface area contributed by atoms with Gasteiger partial charge in [0.1, 0.15) is 0 Å². The van der Waals surface area contributed by atoms with Crippen molar-refractivity contribution in [3.63, 3.8) is 0 Å². The summed E-state index contributed by atoms with van der Waals surface area (Å²) in [4.78, 5) is 28.8. The lowest BCUT2D eigenvalue weighted by Gasteiger charge is -2.29. The van der Waals surface area contributed by atoms with Crippen LogP contribution in [0.1, 0.15) is 39.9 Å². The number of esters is 1. The topological polar surface area (TPSA) is 94.4 Å². The Bertz CT molecular complexity index is 1400. The Morgan fingerprint density at radius 3 is 2.38 bits per heavy atom. The molecule has 2 atom stereocenters. The van der Waals surface area contributed by atoms with Crippen LogP contribution in [-0.4, -0.2) is 47.1 Å². The first-order chi connectivity index (χ1) is 17.1. The standard InChI is InChI=1S/C23H20Cl2F4N2O5S/c1-12-8-13(4-5-15(12)21(33)31-37(3,34)7-6-19(32)35-2)18-11-22(36-30-18,23(27,28)29)14-9-16(24)20(26)17(25)10-14/h4-5,8-10H,6-7,11H2,1-3H3. The summed E-state index contributed by atoms with van der Waals surface area (Å²) in [6.07, 6.45) is -4.71. The van der Waals surface area contributed by atoms with E-state index >= 15 is 0 Å². The minimum Gasteiger partial charge on any atom is -0.469 e. The quantitative estimate of drug-likeness (QED) is 0.243. The van der Waals surface area contributed by atoms with E-state index in [1.54, 1.807) is 0 Å². The number of amides is 1. The summed E-state index contributed by atoms with van der Waals surface area (Å²) in [7, 11) is -1.87. The lowest BCUT2D eigenvalue weighted by molar-refractivity contribution is -0.275. The normalized spacial score (nSPS) is 19.0. The number of alkyl halides is 3. The van der Waals surface area contributed by atoms with Crippen LogP contribution >= 0.6 is 23.2 Å². The van der Waals surface area contributed by atoms with Crippen LogP contribution in [0.4, 0.5) is 17.6 Å². The molecule has 0 aromatic heterocycles. The molecule has 200 valence electrons. The van der Waals surface area contributed by atoms with E-state index in [0.717, 1.165) is 12.1 Å². The Morgan fingerprint density at radius 2 is 1.84 bits per heavy atom. The molecule has 2 unspecified atom stereocenters. The van der Waals surface area contributed by atoms with E-state index in [2.05, 4.69) is 14.3 Å². The second-order valence-corrected chi connectivity index (χ2v) is 11.6. The Kier molecular flexibility index (Phi) is 8.25. The predicted molar refractivity (Wildman–Crippen MR) is 130 cm³/mol. The van der Waals surface area contributed by atoms with Gasteiger partial charge in [0.2, 0.25) is 0 Å². The number of oxime groups is 1. The van der Waals surface area contributed by atoms with Crippen LogP contribution in [0.15, 0.2) is 39.9 Å². The van der Waals surface area contributed by atoms with E-state index in [1.165, 1.54) is 38.5 Å². The third-order valence-electron chi connectivity index (χ3n) is 5.61. The number of hydrogen-bond donors (Lipinski definition) is 0. The number of benzene rings is 2. The van der Waals surface area contributed by atoms with Gasteiger partial charge < -0.3 is 9.57 Å². The average Bonchev–Trinajstić information content (AvgIpc) is 3.27. The molecule has 2 aromatic rings. The number of methoxy groups -OCH3 is 1. The molecule has 14 heteroatoms. The monoisotopic (exact) mass is 582 g/mol. The summed E-state index contributed by atoms with van der Waals surface area (Å²) >= 11 is 11.4. The van der Waals surface area contributed by atoms with Crippen molar-refractivity contribution in [1.29, 1.82) is 0 Å². The van der Waals surface area contributed by atoms with E-state index in [9.17, 15) is 31.4 Å². The second-order valence-electron chi connectivity index (χ2n) is 8.30. The maximum absolute atomic E-state index is 14.2. The molecule has 0 N–H and O–H groups in total. The predicted octanol–water partition coefficient (Wildman–Crippen LogP) is 5.82. The van der Waals surface area contributed by atoms with Crippen LogP contribution in [0.3, 0.4) is 0 Å². The van der Waals surface area contributed by atoms with Crippen molar-refractivity contribution in [3.05, 3.63) is 68.4 Å². The summed E-state index contributed by atoms with van der Waals surface area (Å²) in [6.45, 7) is 1.52. The van der Waals surface area contributed by atoms with Gasteiger partial charge in [0.15, 0.2) is 5.82 Å². The molecule has 1 aliphatic rings. The van der Waals surface area contributed by atoms with Crippen molar-refractivity contribution < 1.29 is 40.9 Å². The highest BCUT2D eigenvalue weighted by Crippen LogP contribution is 2.50. The van der Waals surface area contributed by atoms with Crippen LogP contribution in [0.25, 0.3) is 0 Å². The van der Waals surface area contributed by atoms with E-state index < -0.39 is 61.2 Å². The third-order valence-corrected chi connectivity index (χ3v) is 7.68. The highest BCUT2D eigenvalue weighted by atomic mass is 35.5. The van der Waals surface area contributed by atoms with Gasteiger partial charge in [0.05, 0.1) is 39.0 Å². The van der Waals surface area contributed by atoms with Gasteiger partial charge >= 0.3 is 12.1 Å². The average molecular weight is 583 g/mol. The van der Waals surface area contributed by atoms with Crippen LogP contribution in [0, 0.1) is 12.7 Å². The fraction of sp³-hybridized carbons (Fsp3) is 0.348. The number of halogens is 6. The fourth-order valence-corrected chi connectivity index (χ4v) is 5.15. The van der Waals surface area contributed by atoms with Gasteiger partial charge in [-0.2, -0.15) is 17.5 Å². The minimum atomic E-state index is -4.97. The zero-order valence-electron chi connectivity index (χ0n) is 19.6. The molecule has 37 heavy (non-hydrogen) atoms. The van der Waals surface area contributed by atoms with Gasteiger partial charge in [-0.15, -0.1) is 0 Å². The molecule has 0 spiro atoms. The van der Waals surface area contributed by atoms with E-state index in [4.69, 9.17) is 28.0 Å². The van der Waals surface area contributed by atoms with E-state index in [1.807, 2.05) is 0 Å². The van der Waals surface area contributed by atoms with Crippen LogP contribution in [0.2, 0.25) is 10.0 Å². The number of rotatable bonds is 6. The summed E-state index contributed by atoms with van der Waals surface area (Å²) in [5.41, 5.74) is -2.96. The summed E-state index contributed by atoms with van der Waals surface area (Å²) in [6, 6.07) is 5.64. The van der Waals surface area contributed by atoms with Gasteiger partial charge in [0, 0.05) is 29.6 Å². The van der Waals surface area contributed by atoms with Crippen molar-refractivity contribution >= 4 is 50.5 Å². The Morgan fingerprint density at radius 1 is 1.22 bits per heavy atom. The van der Waals surface area contributed by atoms with Crippen molar-refractivity contribution in [1.82, 2.24) is 0 Å². The molecule has 0 radical (unpaired) electrons. The Balaban J connectivity index is 1.90. The number of carbonyl (C=O) groups excluding carboxylic acids is 2. The van der Waals surface area contributed by atoms with Gasteiger partial charge in [0.25, 0.3) is 11.5 Å². The smallest absolute Gasteiger partial charge is 0.435 e. The third kappa shape index (κ3) is 6.07. The summed E-state index contributed by atoms with van der Waals surface area (Å²) in [5, 5.41) is 2.41. The number of carbonyl (C=O) groups is 2. The van der Waals surface area contributed by atoms with E-state index in [0.29, 0.717) is 5.56 Å². The van der Waals surface area contributed by atoms with Crippen LogP contribution < -0.4 is 0 Å². The number of hydrogen-bond acceptors (Lipinski definition) is 6. The maximum atomic E-state index is 14.2. The molecule has 7 nitrogen and oxygen atoms in total. The van der Waals surface area contributed by atoms with Gasteiger partial charge in [-0.3, -0.25) is 9.59 Å². The fourth-order valence-electron chi connectivity index (χ4n) is 3.58. The Hall–Kier alpha value is -2.70. The first-order valence-corrected chi connectivity index (χ1v) is 13.3. The zero-order valence-corrected chi connectivity index (χ0v) is 21.9. The van der Waals surface area contributed by atoms with Crippen molar-refractivity contribution in [3.8, 4) is 0 Å². The van der Waals surface area contributed by atoms with Gasteiger partial charge in [-0.05, 0) is 42.3 Å². The molecule has 0 bridgehead atoms. The van der Waals surface area contributed by atoms with Crippen LogP contribution in [0.5, 0.6) is 0 Å². The number of ether oxygens (including phenoxy) is 1. The van der Waals surface area contributed by atoms with E-state index in [-0.39, 0.29) is 29.0 Å². The second kappa shape index (κ2) is 10.6. The first-order valence-electron chi connectivity index (χ1n) is 10.5. The van der Waals surface area contributed by atoms with Gasteiger partial charge in [-0.25, -0.2) is 8.60 Å². The largest absolute Gasteiger partial charge is 0.469 e. The summed E-state index contributed by atoms with van der Waals surface area (Å²) < 4.78 is 77.2. The molecule has 0 aliphatic carbocycles. The first kappa shape index (κ1) is 28.9. The summed E-state index contributed by atoms with van der Waals surface area (Å²) in [5.74, 6) is -2.66. The molecule has 1 amide bonds. The van der Waals surface area contributed by atoms with Gasteiger partial charge in [-0.1, -0.05) is 34.4 Å². The highest BCUT2D eigenvalue weighted by molar-refractivity contribution is 7.93. The minimum absolute atomic E-state index is 0.0649. The molecular weight excluding hydrogens is 563 g/mol. The lowest BCUT2D eigenvalue weighted by Crippen LogP contribution is -2.42.